The summed E-state index contributed by atoms with van der Waals surface area (Å²) in [6.07, 6.45) is 0.861. The van der Waals surface area contributed by atoms with Gasteiger partial charge < -0.3 is 14.8 Å². The summed E-state index contributed by atoms with van der Waals surface area (Å²) in [6, 6.07) is 5.97. The molecule has 1 fully saturated rings. The van der Waals surface area contributed by atoms with Crippen molar-refractivity contribution in [1.82, 2.24) is 5.32 Å². The summed E-state index contributed by atoms with van der Waals surface area (Å²) >= 11 is 6.36. The molecule has 1 aromatic carbocycles. The van der Waals surface area contributed by atoms with Crippen molar-refractivity contribution in [1.29, 1.82) is 0 Å². The van der Waals surface area contributed by atoms with E-state index < -0.39 is 0 Å². The average molecular weight is 312 g/mol. The van der Waals surface area contributed by atoms with Gasteiger partial charge in [-0.2, -0.15) is 0 Å². The minimum absolute atomic E-state index is 0.00427. The van der Waals surface area contributed by atoms with Crippen LogP contribution in [0.25, 0.3) is 0 Å². The standard InChI is InChI=1S/C17H26ClNO2/c1-6-19-11-12-7-8-14(13(18)9-12)20-15-10-16(2,3)21-17(15,4)5/h7-9,15,19H,6,10-11H2,1-5H3. The fourth-order valence-corrected chi connectivity index (χ4v) is 3.12. The van der Waals surface area contributed by atoms with Crippen molar-refractivity contribution in [3.05, 3.63) is 28.8 Å². The predicted octanol–water partition coefficient (Wildman–Crippen LogP) is 4.17. The lowest BCUT2D eigenvalue weighted by Gasteiger charge is -2.27. The monoisotopic (exact) mass is 311 g/mol. The fraction of sp³-hybridized carbons (Fsp3) is 0.647. The number of hydrogen-bond donors (Lipinski definition) is 1. The number of benzene rings is 1. The van der Waals surface area contributed by atoms with Gasteiger partial charge in [0.05, 0.1) is 10.6 Å². The molecular weight excluding hydrogens is 286 g/mol. The molecule has 0 amide bonds. The lowest BCUT2D eigenvalue weighted by atomic mass is 9.97. The Morgan fingerprint density at radius 2 is 2.05 bits per heavy atom. The first kappa shape index (κ1) is 16.6. The Labute approximate surface area is 133 Å². The van der Waals surface area contributed by atoms with Crippen LogP contribution in [-0.2, 0) is 11.3 Å². The lowest BCUT2D eigenvalue weighted by molar-refractivity contribution is -0.0845. The van der Waals surface area contributed by atoms with E-state index in [9.17, 15) is 0 Å². The first-order chi connectivity index (χ1) is 9.73. The molecule has 3 nitrogen and oxygen atoms in total. The zero-order valence-electron chi connectivity index (χ0n) is 13.6. The average Bonchev–Trinajstić information content (AvgIpc) is 2.57. The SMILES string of the molecule is CCNCc1ccc(OC2CC(C)(C)OC2(C)C)c(Cl)c1. The highest BCUT2D eigenvalue weighted by molar-refractivity contribution is 6.32. The van der Waals surface area contributed by atoms with E-state index in [1.54, 1.807) is 0 Å². The topological polar surface area (TPSA) is 30.5 Å². The van der Waals surface area contributed by atoms with E-state index in [0.717, 1.165) is 30.8 Å². The quantitative estimate of drug-likeness (QED) is 0.885. The smallest absolute Gasteiger partial charge is 0.138 e. The van der Waals surface area contributed by atoms with Gasteiger partial charge in [0.2, 0.25) is 0 Å². The van der Waals surface area contributed by atoms with E-state index in [0.29, 0.717) is 5.02 Å². The van der Waals surface area contributed by atoms with E-state index in [4.69, 9.17) is 21.1 Å². The summed E-state index contributed by atoms with van der Waals surface area (Å²) in [6.45, 7) is 12.2. The van der Waals surface area contributed by atoms with Crippen molar-refractivity contribution in [2.75, 3.05) is 6.54 Å². The van der Waals surface area contributed by atoms with Crippen LogP contribution in [0.1, 0.15) is 46.6 Å². The predicted molar refractivity (Wildman–Crippen MR) is 87.1 cm³/mol. The molecule has 0 saturated carbocycles. The van der Waals surface area contributed by atoms with E-state index in [1.807, 2.05) is 12.1 Å². The second-order valence-electron chi connectivity index (χ2n) is 6.82. The van der Waals surface area contributed by atoms with E-state index in [-0.39, 0.29) is 17.3 Å². The zero-order chi connectivity index (χ0) is 15.7. The van der Waals surface area contributed by atoms with Gasteiger partial charge >= 0.3 is 0 Å². The second kappa shape index (κ2) is 6.15. The van der Waals surface area contributed by atoms with Crippen LogP contribution in [0.4, 0.5) is 0 Å². The Balaban J connectivity index is 2.09. The molecule has 1 aromatic rings. The third kappa shape index (κ3) is 4.12. The molecule has 0 radical (unpaired) electrons. The van der Waals surface area contributed by atoms with Crippen LogP contribution < -0.4 is 10.1 Å². The van der Waals surface area contributed by atoms with Gasteiger partial charge in [0.1, 0.15) is 17.5 Å². The van der Waals surface area contributed by atoms with Crippen molar-refractivity contribution < 1.29 is 9.47 Å². The normalized spacial score (nSPS) is 23.2. The summed E-state index contributed by atoms with van der Waals surface area (Å²) in [4.78, 5) is 0. The molecule has 1 unspecified atom stereocenters. The van der Waals surface area contributed by atoms with Crippen molar-refractivity contribution >= 4 is 11.6 Å². The fourth-order valence-electron chi connectivity index (χ4n) is 2.87. The molecule has 1 heterocycles. The number of nitrogens with one attached hydrogen (secondary N) is 1. The van der Waals surface area contributed by atoms with Gasteiger partial charge in [-0.05, 0) is 51.9 Å². The maximum atomic E-state index is 6.36. The molecule has 21 heavy (non-hydrogen) atoms. The molecule has 0 aliphatic carbocycles. The Bertz CT molecular complexity index is 500. The van der Waals surface area contributed by atoms with Gasteiger partial charge in [0.15, 0.2) is 0 Å². The van der Waals surface area contributed by atoms with Crippen molar-refractivity contribution in [2.24, 2.45) is 0 Å². The number of hydrogen-bond acceptors (Lipinski definition) is 3. The molecule has 1 aliphatic heterocycles. The van der Waals surface area contributed by atoms with Crippen LogP contribution in [0.5, 0.6) is 5.75 Å². The van der Waals surface area contributed by atoms with E-state index in [2.05, 4.69) is 46.0 Å². The van der Waals surface area contributed by atoms with Gasteiger partial charge in [-0.1, -0.05) is 24.6 Å². The van der Waals surface area contributed by atoms with Crippen molar-refractivity contribution in [3.8, 4) is 5.75 Å². The van der Waals surface area contributed by atoms with Crippen LogP contribution in [0.15, 0.2) is 18.2 Å². The minimum atomic E-state index is -0.310. The lowest BCUT2D eigenvalue weighted by Crippen LogP contribution is -2.36. The van der Waals surface area contributed by atoms with Crippen LogP contribution in [0.2, 0.25) is 5.02 Å². The molecular formula is C17H26ClNO2. The number of halogens is 1. The molecule has 0 aromatic heterocycles. The van der Waals surface area contributed by atoms with Gasteiger partial charge in [0.25, 0.3) is 0 Å². The van der Waals surface area contributed by atoms with Crippen LogP contribution in [0.3, 0.4) is 0 Å². The molecule has 1 saturated heterocycles. The molecule has 2 rings (SSSR count). The van der Waals surface area contributed by atoms with Crippen LogP contribution in [0, 0.1) is 0 Å². The van der Waals surface area contributed by atoms with Gasteiger partial charge in [-0.3, -0.25) is 0 Å². The van der Waals surface area contributed by atoms with Crippen LogP contribution in [-0.4, -0.2) is 23.9 Å². The van der Waals surface area contributed by atoms with Crippen molar-refractivity contribution in [3.63, 3.8) is 0 Å². The molecule has 0 bridgehead atoms. The van der Waals surface area contributed by atoms with Crippen molar-refractivity contribution in [2.45, 2.75) is 64.9 Å². The summed E-state index contributed by atoms with van der Waals surface area (Å²) in [5, 5.41) is 3.95. The Morgan fingerprint density at radius 3 is 2.57 bits per heavy atom. The highest BCUT2D eigenvalue weighted by Crippen LogP contribution is 2.40. The second-order valence-corrected chi connectivity index (χ2v) is 7.23. The molecule has 0 spiro atoms. The largest absolute Gasteiger partial charge is 0.486 e. The maximum Gasteiger partial charge on any atom is 0.138 e. The first-order valence-electron chi connectivity index (χ1n) is 7.59. The Hall–Kier alpha value is -0.770. The van der Waals surface area contributed by atoms with Gasteiger partial charge in [0, 0.05) is 13.0 Å². The maximum absolute atomic E-state index is 6.36. The number of rotatable bonds is 5. The summed E-state index contributed by atoms with van der Waals surface area (Å²) in [5.41, 5.74) is 0.692. The first-order valence-corrected chi connectivity index (χ1v) is 7.97. The minimum Gasteiger partial charge on any atom is -0.486 e. The van der Waals surface area contributed by atoms with Gasteiger partial charge in [-0.15, -0.1) is 0 Å². The highest BCUT2D eigenvalue weighted by atomic mass is 35.5. The third-order valence-corrected chi connectivity index (χ3v) is 4.13. The molecule has 118 valence electrons. The molecule has 4 heteroatoms. The third-order valence-electron chi connectivity index (χ3n) is 3.84. The molecule has 1 aliphatic rings. The number of ether oxygens (including phenoxy) is 2. The summed E-state index contributed by atoms with van der Waals surface area (Å²) in [5.74, 6) is 0.733. The van der Waals surface area contributed by atoms with E-state index >= 15 is 0 Å². The molecule has 1 atom stereocenters. The van der Waals surface area contributed by atoms with Crippen LogP contribution >= 0.6 is 11.6 Å². The van der Waals surface area contributed by atoms with Gasteiger partial charge in [-0.25, -0.2) is 0 Å². The Kier molecular flexibility index (Phi) is 4.86. The van der Waals surface area contributed by atoms with E-state index in [1.165, 1.54) is 0 Å². The highest BCUT2D eigenvalue weighted by Gasteiger charge is 2.47. The summed E-state index contributed by atoms with van der Waals surface area (Å²) in [7, 11) is 0. The Morgan fingerprint density at radius 1 is 1.33 bits per heavy atom. The summed E-state index contributed by atoms with van der Waals surface area (Å²) < 4.78 is 12.2. The zero-order valence-corrected chi connectivity index (χ0v) is 14.4. The molecule has 1 N–H and O–H groups in total.